The van der Waals surface area contributed by atoms with E-state index >= 15 is 0 Å². The highest BCUT2D eigenvalue weighted by atomic mass is 16.5. The molecule has 0 aliphatic heterocycles. The first-order chi connectivity index (χ1) is 9.74. The molecule has 1 amide bonds. The van der Waals surface area contributed by atoms with Gasteiger partial charge in [0, 0.05) is 12.1 Å². The minimum atomic E-state index is -0.112. The van der Waals surface area contributed by atoms with E-state index in [1.165, 1.54) is 0 Å². The van der Waals surface area contributed by atoms with Crippen LogP contribution >= 0.6 is 0 Å². The van der Waals surface area contributed by atoms with E-state index in [-0.39, 0.29) is 5.91 Å². The van der Waals surface area contributed by atoms with E-state index in [4.69, 9.17) is 4.52 Å². The molecule has 4 nitrogen and oxygen atoms in total. The molecule has 0 radical (unpaired) electrons. The third kappa shape index (κ3) is 3.26. The van der Waals surface area contributed by atoms with Crippen LogP contribution in [0.4, 0.5) is 0 Å². The lowest BCUT2D eigenvalue weighted by molar-refractivity contribution is 0.0952. The van der Waals surface area contributed by atoms with Gasteiger partial charge in [-0.2, -0.15) is 0 Å². The smallest absolute Gasteiger partial charge is 0.257 e. The number of nitrogens with zero attached hydrogens (tertiary/aromatic N) is 1. The molecule has 0 aliphatic carbocycles. The van der Waals surface area contributed by atoms with Gasteiger partial charge in [-0.1, -0.05) is 55.3 Å². The van der Waals surface area contributed by atoms with Gasteiger partial charge in [-0.15, -0.1) is 0 Å². The molecule has 0 spiro atoms. The number of carbonyl (C=O) groups excluding carboxylic acids is 1. The van der Waals surface area contributed by atoms with E-state index in [9.17, 15) is 4.79 Å². The van der Waals surface area contributed by atoms with Crippen molar-refractivity contribution >= 4 is 5.91 Å². The third-order valence-corrected chi connectivity index (χ3v) is 3.20. The van der Waals surface area contributed by atoms with E-state index in [0.29, 0.717) is 23.6 Å². The number of nitrogens with one attached hydrogen (secondary N) is 1. The van der Waals surface area contributed by atoms with Crippen LogP contribution in [0.3, 0.4) is 0 Å². The number of amides is 1. The summed E-state index contributed by atoms with van der Waals surface area (Å²) in [6, 6.07) is 9.61. The Balaban J connectivity index is 2.15. The van der Waals surface area contributed by atoms with E-state index < -0.39 is 0 Å². The average molecular weight is 272 g/mol. The summed E-state index contributed by atoms with van der Waals surface area (Å²) in [7, 11) is 0. The van der Waals surface area contributed by atoms with Crippen molar-refractivity contribution < 1.29 is 9.32 Å². The fourth-order valence-electron chi connectivity index (χ4n) is 2.10. The number of unbranched alkanes of at least 4 members (excludes halogenated alkanes) is 2. The zero-order valence-electron chi connectivity index (χ0n) is 12.0. The minimum absolute atomic E-state index is 0.112. The predicted octanol–water partition coefficient (Wildman–Crippen LogP) is 3.57. The second-order valence-electron chi connectivity index (χ2n) is 4.79. The number of carbonyl (C=O) groups is 1. The number of aryl methyl sites for hydroxylation is 1. The first-order valence-corrected chi connectivity index (χ1v) is 7.04. The van der Waals surface area contributed by atoms with Crippen LogP contribution in [0.15, 0.2) is 34.9 Å². The van der Waals surface area contributed by atoms with Gasteiger partial charge in [0.1, 0.15) is 17.0 Å². The van der Waals surface area contributed by atoms with Crippen molar-refractivity contribution in [2.45, 2.75) is 33.1 Å². The first-order valence-electron chi connectivity index (χ1n) is 7.04. The number of benzene rings is 1. The van der Waals surface area contributed by atoms with Crippen LogP contribution in [0.5, 0.6) is 0 Å². The number of hydrogen-bond acceptors (Lipinski definition) is 3. The summed E-state index contributed by atoms with van der Waals surface area (Å²) >= 11 is 0. The lowest BCUT2D eigenvalue weighted by Crippen LogP contribution is -2.25. The summed E-state index contributed by atoms with van der Waals surface area (Å²) in [5.41, 5.74) is 2.03. The Hall–Kier alpha value is -2.10. The van der Waals surface area contributed by atoms with Gasteiger partial charge in [0.25, 0.3) is 5.91 Å². The van der Waals surface area contributed by atoms with Crippen molar-refractivity contribution in [3.8, 4) is 11.3 Å². The average Bonchev–Trinajstić information content (AvgIpc) is 2.86. The summed E-state index contributed by atoms with van der Waals surface area (Å²) < 4.78 is 5.19. The Bertz CT molecular complexity index is 561. The van der Waals surface area contributed by atoms with Crippen LogP contribution in [0.1, 0.15) is 42.3 Å². The predicted molar refractivity (Wildman–Crippen MR) is 78.5 cm³/mol. The Morgan fingerprint density at radius 1 is 1.25 bits per heavy atom. The van der Waals surface area contributed by atoms with Gasteiger partial charge in [0.15, 0.2) is 0 Å². The van der Waals surface area contributed by atoms with Crippen molar-refractivity contribution in [1.82, 2.24) is 10.5 Å². The molecule has 0 unspecified atom stereocenters. The van der Waals surface area contributed by atoms with Crippen molar-refractivity contribution in [3.63, 3.8) is 0 Å². The number of hydrogen-bond donors (Lipinski definition) is 1. The molecular weight excluding hydrogens is 252 g/mol. The molecule has 1 aromatic carbocycles. The Kier molecular flexibility index (Phi) is 4.93. The van der Waals surface area contributed by atoms with Crippen LogP contribution < -0.4 is 5.32 Å². The third-order valence-electron chi connectivity index (χ3n) is 3.20. The Labute approximate surface area is 119 Å². The summed E-state index contributed by atoms with van der Waals surface area (Å²) in [6.45, 7) is 4.59. The summed E-state index contributed by atoms with van der Waals surface area (Å²) in [6.07, 6.45) is 3.25. The highest BCUT2D eigenvalue weighted by Crippen LogP contribution is 2.24. The van der Waals surface area contributed by atoms with E-state index in [2.05, 4.69) is 17.4 Å². The molecule has 0 saturated heterocycles. The molecule has 0 fully saturated rings. The lowest BCUT2D eigenvalue weighted by atomic mass is 10.1. The van der Waals surface area contributed by atoms with Gasteiger partial charge >= 0.3 is 0 Å². The molecule has 0 bridgehead atoms. The maximum Gasteiger partial charge on any atom is 0.257 e. The van der Waals surface area contributed by atoms with Gasteiger partial charge < -0.3 is 9.84 Å². The summed E-state index contributed by atoms with van der Waals surface area (Å²) in [5.74, 6) is 0.440. The zero-order valence-corrected chi connectivity index (χ0v) is 12.0. The van der Waals surface area contributed by atoms with Gasteiger partial charge in [-0.05, 0) is 13.3 Å². The standard InChI is InChI=1S/C16H20N2O2/c1-3-4-8-11-17-16(19)14-12(2)20-18-15(14)13-9-6-5-7-10-13/h5-7,9-10H,3-4,8,11H2,1-2H3,(H,17,19). The van der Waals surface area contributed by atoms with Gasteiger partial charge in [-0.3, -0.25) is 4.79 Å². The molecule has 1 heterocycles. The first kappa shape index (κ1) is 14.3. The van der Waals surface area contributed by atoms with Crippen molar-refractivity contribution in [2.24, 2.45) is 0 Å². The van der Waals surface area contributed by atoms with Crippen molar-refractivity contribution in [2.75, 3.05) is 6.54 Å². The van der Waals surface area contributed by atoms with Crippen LogP contribution in [0, 0.1) is 6.92 Å². The highest BCUT2D eigenvalue weighted by Gasteiger charge is 2.20. The molecule has 1 N–H and O–H groups in total. The molecule has 0 aliphatic rings. The van der Waals surface area contributed by atoms with Crippen molar-refractivity contribution in [1.29, 1.82) is 0 Å². The van der Waals surface area contributed by atoms with Gasteiger partial charge in [-0.25, -0.2) is 0 Å². The minimum Gasteiger partial charge on any atom is -0.360 e. The van der Waals surface area contributed by atoms with Crippen molar-refractivity contribution in [3.05, 3.63) is 41.7 Å². The lowest BCUT2D eigenvalue weighted by Gasteiger charge is -2.05. The largest absolute Gasteiger partial charge is 0.360 e. The second-order valence-corrected chi connectivity index (χ2v) is 4.79. The molecule has 106 valence electrons. The Morgan fingerprint density at radius 2 is 2.00 bits per heavy atom. The Morgan fingerprint density at radius 3 is 2.70 bits per heavy atom. The highest BCUT2D eigenvalue weighted by molar-refractivity contribution is 6.00. The maximum atomic E-state index is 12.3. The van der Waals surface area contributed by atoms with E-state index in [1.807, 2.05) is 30.3 Å². The van der Waals surface area contributed by atoms with Crippen LogP contribution in [0.2, 0.25) is 0 Å². The summed E-state index contributed by atoms with van der Waals surface area (Å²) in [4.78, 5) is 12.3. The second kappa shape index (κ2) is 6.89. The molecule has 4 heteroatoms. The fraction of sp³-hybridized carbons (Fsp3) is 0.375. The molecule has 0 saturated carbocycles. The molecule has 0 atom stereocenters. The van der Waals surface area contributed by atoms with E-state index in [1.54, 1.807) is 6.92 Å². The van der Waals surface area contributed by atoms with E-state index in [0.717, 1.165) is 24.8 Å². The molecular formula is C16H20N2O2. The SMILES string of the molecule is CCCCCNC(=O)c1c(-c2ccccc2)noc1C. The van der Waals surface area contributed by atoms with Gasteiger partial charge in [0.05, 0.1) is 0 Å². The number of aromatic nitrogens is 1. The molecule has 2 rings (SSSR count). The fourth-order valence-corrected chi connectivity index (χ4v) is 2.10. The molecule has 20 heavy (non-hydrogen) atoms. The maximum absolute atomic E-state index is 12.3. The van der Waals surface area contributed by atoms with Crippen LogP contribution in [-0.2, 0) is 0 Å². The summed E-state index contributed by atoms with van der Waals surface area (Å²) in [5, 5.41) is 6.95. The number of rotatable bonds is 6. The van der Waals surface area contributed by atoms with Crippen LogP contribution in [0.25, 0.3) is 11.3 Å². The molecule has 2 aromatic rings. The monoisotopic (exact) mass is 272 g/mol. The molecule has 1 aromatic heterocycles. The normalized spacial score (nSPS) is 10.5. The topological polar surface area (TPSA) is 55.1 Å². The van der Waals surface area contributed by atoms with Crippen LogP contribution in [-0.4, -0.2) is 17.6 Å². The quantitative estimate of drug-likeness (QED) is 0.818. The zero-order chi connectivity index (χ0) is 14.4. The van der Waals surface area contributed by atoms with Gasteiger partial charge in [0.2, 0.25) is 0 Å².